The second-order valence-electron chi connectivity index (χ2n) is 5.69. The quantitative estimate of drug-likeness (QED) is 0.659. The molecular formula is C19H18Cl2N2. The summed E-state index contributed by atoms with van der Waals surface area (Å²) in [6, 6.07) is 14.1. The summed E-state index contributed by atoms with van der Waals surface area (Å²) in [6.45, 7) is 2.14. The van der Waals surface area contributed by atoms with E-state index in [0.29, 0.717) is 10.0 Å². The van der Waals surface area contributed by atoms with E-state index in [2.05, 4.69) is 41.2 Å². The van der Waals surface area contributed by atoms with Gasteiger partial charge < -0.3 is 4.98 Å². The number of H-pyrrole nitrogens is 1. The van der Waals surface area contributed by atoms with Gasteiger partial charge in [-0.1, -0.05) is 53.5 Å². The zero-order valence-corrected chi connectivity index (χ0v) is 14.5. The van der Waals surface area contributed by atoms with Crippen molar-refractivity contribution in [3.8, 4) is 0 Å². The summed E-state index contributed by atoms with van der Waals surface area (Å²) in [6.07, 6.45) is 4.51. The Morgan fingerprint density at radius 1 is 1.00 bits per heavy atom. The van der Waals surface area contributed by atoms with Gasteiger partial charge in [0, 0.05) is 34.8 Å². The number of aromatic nitrogens is 2. The van der Waals surface area contributed by atoms with Crippen LogP contribution in [0.3, 0.4) is 0 Å². The van der Waals surface area contributed by atoms with Crippen molar-refractivity contribution in [2.45, 2.75) is 26.2 Å². The van der Waals surface area contributed by atoms with E-state index in [1.165, 1.54) is 11.1 Å². The summed E-state index contributed by atoms with van der Waals surface area (Å²) in [5.41, 5.74) is 4.80. The molecule has 0 spiro atoms. The molecule has 0 atom stereocenters. The van der Waals surface area contributed by atoms with Gasteiger partial charge in [-0.15, -0.1) is 0 Å². The van der Waals surface area contributed by atoms with Gasteiger partial charge in [-0.3, -0.25) is 0 Å². The minimum Gasteiger partial charge on any atom is -0.346 e. The average Bonchev–Trinajstić information content (AvgIpc) is 2.97. The molecular weight excluding hydrogens is 327 g/mol. The number of hydrogen-bond donors (Lipinski definition) is 1. The molecule has 118 valence electrons. The first-order valence-electron chi connectivity index (χ1n) is 7.63. The van der Waals surface area contributed by atoms with Crippen LogP contribution in [-0.2, 0) is 19.3 Å². The lowest BCUT2D eigenvalue weighted by molar-refractivity contribution is 0.872. The molecule has 4 heteroatoms. The zero-order valence-electron chi connectivity index (χ0n) is 12.9. The number of aromatic amines is 1. The summed E-state index contributed by atoms with van der Waals surface area (Å²) in [5.74, 6) is 1.01. The molecule has 3 aromatic rings. The number of nitrogens with zero attached hydrogens (tertiary/aromatic N) is 1. The van der Waals surface area contributed by atoms with Crippen LogP contribution in [0.15, 0.2) is 48.7 Å². The Labute approximate surface area is 146 Å². The lowest BCUT2D eigenvalue weighted by Crippen LogP contribution is -1.96. The molecule has 1 heterocycles. The number of nitrogens with one attached hydrogen (secondary N) is 1. The Balaban J connectivity index is 1.65. The van der Waals surface area contributed by atoms with Crippen molar-refractivity contribution >= 4 is 23.2 Å². The van der Waals surface area contributed by atoms with Gasteiger partial charge in [0.15, 0.2) is 0 Å². The Bertz CT molecular complexity index is 809. The monoisotopic (exact) mass is 344 g/mol. The van der Waals surface area contributed by atoms with Crippen LogP contribution in [-0.4, -0.2) is 9.97 Å². The molecule has 0 unspecified atom stereocenters. The largest absolute Gasteiger partial charge is 0.346 e. The second-order valence-corrected chi connectivity index (χ2v) is 6.54. The number of aryl methyl sites for hydroxylation is 3. The summed E-state index contributed by atoms with van der Waals surface area (Å²) >= 11 is 12.2. The standard InChI is InChI=1S/C19H18Cl2N2/c1-13-4-2-3-5-14(13)7-9-19-22-12-17(23-19)10-15-6-8-16(20)11-18(15)21/h2-6,8,11-12H,7,9-10H2,1H3,(H,22,23). The Kier molecular flexibility index (Phi) is 5.04. The van der Waals surface area contributed by atoms with E-state index >= 15 is 0 Å². The summed E-state index contributed by atoms with van der Waals surface area (Å²) in [4.78, 5) is 7.87. The molecule has 0 aliphatic carbocycles. The van der Waals surface area contributed by atoms with Crippen LogP contribution in [0.1, 0.15) is 28.2 Å². The zero-order chi connectivity index (χ0) is 16.2. The van der Waals surface area contributed by atoms with Crippen LogP contribution < -0.4 is 0 Å². The molecule has 0 saturated heterocycles. The van der Waals surface area contributed by atoms with Crippen molar-refractivity contribution in [1.82, 2.24) is 9.97 Å². The first-order chi connectivity index (χ1) is 11.1. The highest BCUT2D eigenvalue weighted by Gasteiger charge is 2.07. The Hall–Kier alpha value is -1.77. The molecule has 1 aromatic heterocycles. The molecule has 0 aliphatic heterocycles. The first-order valence-corrected chi connectivity index (χ1v) is 8.38. The maximum atomic E-state index is 6.23. The number of halogens is 2. The summed E-state index contributed by atoms with van der Waals surface area (Å²) < 4.78 is 0. The van der Waals surface area contributed by atoms with E-state index in [-0.39, 0.29) is 0 Å². The van der Waals surface area contributed by atoms with Crippen LogP contribution in [0.2, 0.25) is 10.0 Å². The highest BCUT2D eigenvalue weighted by Crippen LogP contribution is 2.23. The number of benzene rings is 2. The van der Waals surface area contributed by atoms with Gasteiger partial charge in [0.25, 0.3) is 0 Å². The minimum atomic E-state index is 0.655. The lowest BCUT2D eigenvalue weighted by atomic mass is 10.0. The van der Waals surface area contributed by atoms with Crippen molar-refractivity contribution in [3.63, 3.8) is 0 Å². The molecule has 0 fully saturated rings. The van der Waals surface area contributed by atoms with Crippen LogP contribution in [0.25, 0.3) is 0 Å². The van der Waals surface area contributed by atoms with Crippen molar-refractivity contribution in [2.24, 2.45) is 0 Å². The predicted octanol–water partition coefficient (Wildman–Crippen LogP) is 5.40. The van der Waals surface area contributed by atoms with Crippen LogP contribution in [0.5, 0.6) is 0 Å². The van der Waals surface area contributed by atoms with E-state index in [1.54, 1.807) is 6.07 Å². The molecule has 0 aliphatic rings. The predicted molar refractivity (Wildman–Crippen MR) is 96.4 cm³/mol. The molecule has 0 saturated carbocycles. The summed E-state index contributed by atoms with van der Waals surface area (Å²) in [5, 5.41) is 1.34. The third kappa shape index (κ3) is 4.15. The normalized spacial score (nSPS) is 10.9. The van der Waals surface area contributed by atoms with Gasteiger partial charge in [0.2, 0.25) is 0 Å². The lowest BCUT2D eigenvalue weighted by Gasteiger charge is -2.04. The van der Waals surface area contributed by atoms with E-state index in [1.807, 2.05) is 18.3 Å². The van der Waals surface area contributed by atoms with Crippen LogP contribution in [0.4, 0.5) is 0 Å². The minimum absolute atomic E-state index is 0.655. The summed E-state index contributed by atoms with van der Waals surface area (Å²) in [7, 11) is 0. The highest BCUT2D eigenvalue weighted by atomic mass is 35.5. The number of imidazole rings is 1. The molecule has 3 rings (SSSR count). The van der Waals surface area contributed by atoms with E-state index in [9.17, 15) is 0 Å². The van der Waals surface area contributed by atoms with Gasteiger partial charge in [-0.25, -0.2) is 4.98 Å². The topological polar surface area (TPSA) is 28.7 Å². The smallest absolute Gasteiger partial charge is 0.106 e. The van der Waals surface area contributed by atoms with Crippen molar-refractivity contribution < 1.29 is 0 Å². The molecule has 2 aromatic carbocycles. The molecule has 2 nitrogen and oxygen atoms in total. The number of hydrogen-bond acceptors (Lipinski definition) is 1. The molecule has 1 N–H and O–H groups in total. The second kappa shape index (κ2) is 7.20. The van der Waals surface area contributed by atoms with Gasteiger partial charge in [-0.05, 0) is 42.2 Å². The van der Waals surface area contributed by atoms with Crippen molar-refractivity contribution in [1.29, 1.82) is 0 Å². The maximum Gasteiger partial charge on any atom is 0.106 e. The van der Waals surface area contributed by atoms with Gasteiger partial charge in [-0.2, -0.15) is 0 Å². The van der Waals surface area contributed by atoms with Gasteiger partial charge >= 0.3 is 0 Å². The highest BCUT2D eigenvalue weighted by molar-refractivity contribution is 6.35. The molecule has 23 heavy (non-hydrogen) atoms. The Morgan fingerprint density at radius 2 is 1.83 bits per heavy atom. The third-order valence-electron chi connectivity index (χ3n) is 3.97. The fraction of sp³-hybridized carbons (Fsp3) is 0.211. The molecule has 0 amide bonds. The fourth-order valence-corrected chi connectivity index (χ4v) is 3.11. The SMILES string of the molecule is Cc1ccccc1CCc1ncc(Cc2ccc(Cl)cc2Cl)[nH]1. The van der Waals surface area contributed by atoms with Crippen molar-refractivity contribution in [3.05, 3.63) is 86.9 Å². The third-order valence-corrected chi connectivity index (χ3v) is 4.56. The van der Waals surface area contributed by atoms with Crippen LogP contribution >= 0.6 is 23.2 Å². The van der Waals surface area contributed by atoms with E-state index in [0.717, 1.165) is 36.3 Å². The Morgan fingerprint density at radius 3 is 2.61 bits per heavy atom. The van der Waals surface area contributed by atoms with E-state index in [4.69, 9.17) is 23.2 Å². The van der Waals surface area contributed by atoms with Crippen molar-refractivity contribution in [2.75, 3.05) is 0 Å². The first kappa shape index (κ1) is 16.1. The van der Waals surface area contributed by atoms with Gasteiger partial charge in [0.1, 0.15) is 5.82 Å². The maximum absolute atomic E-state index is 6.23. The molecule has 0 bridgehead atoms. The average molecular weight is 345 g/mol. The van der Waals surface area contributed by atoms with Crippen LogP contribution in [0, 0.1) is 6.92 Å². The number of rotatable bonds is 5. The molecule has 0 radical (unpaired) electrons. The van der Waals surface area contributed by atoms with Gasteiger partial charge in [0.05, 0.1) is 0 Å². The fourth-order valence-electron chi connectivity index (χ4n) is 2.64. The van der Waals surface area contributed by atoms with E-state index < -0.39 is 0 Å².